The summed E-state index contributed by atoms with van der Waals surface area (Å²) in [6, 6.07) is 2.11. The van der Waals surface area contributed by atoms with Crippen molar-refractivity contribution in [2.45, 2.75) is 33.2 Å². The van der Waals surface area contributed by atoms with Crippen molar-refractivity contribution in [3.63, 3.8) is 0 Å². The van der Waals surface area contributed by atoms with Gasteiger partial charge in [-0.25, -0.2) is 4.39 Å². The van der Waals surface area contributed by atoms with Crippen molar-refractivity contribution in [1.82, 2.24) is 0 Å². The second kappa shape index (κ2) is 12.1. The first-order chi connectivity index (χ1) is 12.9. The Hall–Kier alpha value is -1.39. The fourth-order valence-electron chi connectivity index (χ4n) is 2.29. The van der Waals surface area contributed by atoms with Gasteiger partial charge in [0.15, 0.2) is 11.7 Å². The van der Waals surface area contributed by atoms with Crippen LogP contribution in [0.4, 0.5) is 4.39 Å². The van der Waals surface area contributed by atoms with Crippen LogP contribution in [-0.2, 0) is 20.7 Å². The number of Topliss-reactive ketones (excluding diaryl/α,β-unsaturated/α-hetero) is 1. The number of nitrogens with zero attached hydrogens (tertiary/aromatic N) is 1. The van der Waals surface area contributed by atoms with Crippen LogP contribution in [0.2, 0.25) is 0 Å². The zero-order valence-electron chi connectivity index (χ0n) is 15.7. The van der Waals surface area contributed by atoms with Gasteiger partial charge in [0, 0.05) is 16.4 Å². The Balaban J connectivity index is 3.18. The highest BCUT2D eigenvalue weighted by Crippen LogP contribution is 2.21. The second-order valence-electron chi connectivity index (χ2n) is 5.66. The van der Waals surface area contributed by atoms with Crippen LogP contribution in [0.1, 0.15) is 36.7 Å². The first-order valence-electron chi connectivity index (χ1n) is 8.80. The second-order valence-corrected chi connectivity index (χ2v) is 6.83. The lowest BCUT2D eigenvalue weighted by Gasteiger charge is -2.14. The largest absolute Gasteiger partial charge is 0.465 e. The molecule has 2 atom stereocenters. The molecular formula is C19H25FINO5. The van der Waals surface area contributed by atoms with Crippen molar-refractivity contribution in [3.05, 3.63) is 32.6 Å². The molecule has 150 valence electrons. The SMILES string of the molecule is CCOC[C@@H](CO)N=CC(C(=O)OCC)C(=O)c1cc(I)c(CC)cc1F. The number of carbonyl (C=O) groups is 2. The number of aliphatic hydroxyl groups excluding tert-OH is 1. The first kappa shape index (κ1) is 23.6. The summed E-state index contributed by atoms with van der Waals surface area (Å²) in [7, 11) is 0. The van der Waals surface area contributed by atoms with E-state index in [1.54, 1.807) is 13.8 Å². The van der Waals surface area contributed by atoms with Crippen LogP contribution in [0.15, 0.2) is 17.1 Å². The lowest BCUT2D eigenvalue weighted by Crippen LogP contribution is -2.30. The normalized spacial score (nSPS) is 13.6. The van der Waals surface area contributed by atoms with Crippen molar-refractivity contribution in [2.24, 2.45) is 10.9 Å². The summed E-state index contributed by atoms with van der Waals surface area (Å²) in [5.41, 5.74) is 0.592. The van der Waals surface area contributed by atoms with Gasteiger partial charge in [0.25, 0.3) is 0 Å². The third-order valence-electron chi connectivity index (χ3n) is 3.78. The lowest BCUT2D eigenvalue weighted by molar-refractivity contribution is -0.144. The number of benzene rings is 1. The van der Waals surface area contributed by atoms with Crippen molar-refractivity contribution >= 4 is 40.6 Å². The van der Waals surface area contributed by atoms with E-state index in [9.17, 15) is 19.1 Å². The summed E-state index contributed by atoms with van der Waals surface area (Å²) in [6.07, 6.45) is 1.74. The number of aliphatic hydroxyl groups is 1. The molecule has 1 rings (SSSR count). The molecule has 1 N–H and O–H groups in total. The van der Waals surface area contributed by atoms with E-state index in [4.69, 9.17) is 9.47 Å². The predicted octanol–water partition coefficient (Wildman–Crippen LogP) is 2.82. The average Bonchev–Trinajstić information content (AvgIpc) is 2.65. The molecule has 8 heteroatoms. The molecule has 0 aliphatic rings. The monoisotopic (exact) mass is 493 g/mol. The molecule has 0 aromatic heterocycles. The van der Waals surface area contributed by atoms with Crippen LogP contribution in [0.5, 0.6) is 0 Å². The van der Waals surface area contributed by atoms with E-state index < -0.39 is 29.5 Å². The fraction of sp³-hybridized carbons (Fsp3) is 0.526. The van der Waals surface area contributed by atoms with Gasteiger partial charge in [-0.15, -0.1) is 0 Å². The Bertz CT molecular complexity index is 680. The van der Waals surface area contributed by atoms with Crippen molar-refractivity contribution in [3.8, 4) is 0 Å². The Labute approximate surface area is 172 Å². The minimum Gasteiger partial charge on any atom is -0.465 e. The third kappa shape index (κ3) is 6.93. The number of rotatable bonds is 11. The molecule has 1 unspecified atom stereocenters. The summed E-state index contributed by atoms with van der Waals surface area (Å²) in [6.45, 7) is 5.66. The van der Waals surface area contributed by atoms with Crippen molar-refractivity contribution < 1.29 is 28.6 Å². The molecule has 0 spiro atoms. The topological polar surface area (TPSA) is 85.2 Å². The minimum atomic E-state index is -1.39. The van der Waals surface area contributed by atoms with Gasteiger partial charge in [0.2, 0.25) is 0 Å². The van der Waals surface area contributed by atoms with Crippen LogP contribution in [-0.4, -0.2) is 55.5 Å². The average molecular weight is 493 g/mol. The predicted molar refractivity (Wildman–Crippen MR) is 109 cm³/mol. The number of aryl methyl sites for hydroxylation is 1. The highest BCUT2D eigenvalue weighted by molar-refractivity contribution is 14.1. The van der Waals surface area contributed by atoms with Crippen molar-refractivity contribution in [1.29, 1.82) is 0 Å². The van der Waals surface area contributed by atoms with E-state index in [2.05, 4.69) is 4.99 Å². The number of ether oxygens (including phenoxy) is 2. The zero-order valence-corrected chi connectivity index (χ0v) is 17.9. The number of aliphatic imine (C=N–C) groups is 1. The number of carbonyl (C=O) groups excluding carboxylic acids is 2. The van der Waals surface area contributed by atoms with E-state index in [0.29, 0.717) is 13.0 Å². The molecule has 0 amide bonds. The van der Waals surface area contributed by atoms with Gasteiger partial charge >= 0.3 is 5.97 Å². The zero-order chi connectivity index (χ0) is 20.4. The van der Waals surface area contributed by atoms with Crippen LogP contribution in [0.25, 0.3) is 0 Å². The molecule has 0 aliphatic heterocycles. The van der Waals surface area contributed by atoms with Gasteiger partial charge < -0.3 is 14.6 Å². The van der Waals surface area contributed by atoms with Gasteiger partial charge in [-0.1, -0.05) is 6.92 Å². The molecule has 0 bridgehead atoms. The Kier molecular flexibility index (Phi) is 10.6. The quantitative estimate of drug-likeness (QED) is 0.169. The third-order valence-corrected chi connectivity index (χ3v) is 4.78. The molecule has 1 aromatic carbocycles. The molecule has 0 saturated carbocycles. The Morgan fingerprint density at radius 3 is 2.56 bits per heavy atom. The molecule has 0 fully saturated rings. The Morgan fingerprint density at radius 2 is 2.00 bits per heavy atom. The smallest absolute Gasteiger partial charge is 0.322 e. The van der Waals surface area contributed by atoms with Gasteiger partial charge in [-0.05, 0) is 60.6 Å². The number of hydrogen-bond donors (Lipinski definition) is 1. The first-order valence-corrected chi connectivity index (χ1v) is 9.87. The molecule has 27 heavy (non-hydrogen) atoms. The highest BCUT2D eigenvalue weighted by atomic mass is 127. The molecule has 0 heterocycles. The molecule has 0 radical (unpaired) electrons. The Morgan fingerprint density at radius 1 is 1.30 bits per heavy atom. The van der Waals surface area contributed by atoms with E-state index in [0.717, 1.165) is 15.3 Å². The maximum Gasteiger partial charge on any atom is 0.322 e. The number of esters is 1. The van der Waals surface area contributed by atoms with Crippen LogP contribution in [0.3, 0.4) is 0 Å². The summed E-state index contributed by atoms with van der Waals surface area (Å²) in [4.78, 5) is 29.1. The summed E-state index contributed by atoms with van der Waals surface area (Å²) in [5, 5.41) is 9.35. The summed E-state index contributed by atoms with van der Waals surface area (Å²) < 4.78 is 25.3. The molecular weight excluding hydrogens is 468 g/mol. The number of hydrogen-bond acceptors (Lipinski definition) is 6. The van der Waals surface area contributed by atoms with Gasteiger partial charge in [-0.3, -0.25) is 14.6 Å². The maximum absolute atomic E-state index is 14.4. The van der Waals surface area contributed by atoms with Crippen LogP contribution < -0.4 is 0 Å². The van der Waals surface area contributed by atoms with Crippen LogP contribution >= 0.6 is 22.6 Å². The number of ketones is 1. The molecule has 0 aliphatic carbocycles. The summed E-state index contributed by atoms with van der Waals surface area (Å²) >= 11 is 2.03. The van der Waals surface area contributed by atoms with E-state index in [1.165, 1.54) is 12.1 Å². The lowest BCUT2D eigenvalue weighted by atomic mass is 9.96. The standard InChI is InChI=1S/C19H25FINO5/c1-4-12-7-16(20)14(8-17(12)21)18(24)15(19(25)27-6-3)9-22-13(10-23)11-26-5-2/h7-9,13,15,23H,4-6,10-11H2,1-3H3/t13-,15?/m1/s1. The van der Waals surface area contributed by atoms with Gasteiger partial charge in [0.05, 0.1) is 31.4 Å². The minimum absolute atomic E-state index is 0.0770. The fourth-order valence-corrected chi connectivity index (χ4v) is 3.14. The van der Waals surface area contributed by atoms with Crippen LogP contribution in [0, 0.1) is 15.3 Å². The van der Waals surface area contributed by atoms with E-state index in [-0.39, 0.29) is 25.4 Å². The molecule has 6 nitrogen and oxygen atoms in total. The highest BCUT2D eigenvalue weighted by Gasteiger charge is 2.30. The molecule has 1 aromatic rings. The van der Waals surface area contributed by atoms with E-state index >= 15 is 0 Å². The number of halogens is 2. The van der Waals surface area contributed by atoms with Crippen molar-refractivity contribution in [2.75, 3.05) is 26.4 Å². The molecule has 0 saturated heterocycles. The van der Waals surface area contributed by atoms with E-state index in [1.807, 2.05) is 29.5 Å². The summed E-state index contributed by atoms with van der Waals surface area (Å²) in [5.74, 6) is -3.62. The van der Waals surface area contributed by atoms with Gasteiger partial charge in [-0.2, -0.15) is 0 Å². The van der Waals surface area contributed by atoms with Gasteiger partial charge in [0.1, 0.15) is 5.82 Å². The maximum atomic E-state index is 14.4.